The number of nitrogens with zero attached hydrogens (tertiary/aromatic N) is 1. The first-order valence-corrected chi connectivity index (χ1v) is 4.09. The molecule has 0 aliphatic carbocycles. The zero-order valence-electron chi connectivity index (χ0n) is 5.97. The molecule has 0 aliphatic rings. The Hall–Kier alpha value is -0.830. The number of aromatic nitrogens is 1. The highest BCUT2D eigenvalue weighted by Gasteiger charge is 2.04. The molecule has 0 N–H and O–H groups in total. The van der Waals surface area contributed by atoms with Crippen LogP contribution in [0.25, 0.3) is 10.9 Å². The van der Waals surface area contributed by atoms with E-state index in [0.29, 0.717) is 0 Å². The van der Waals surface area contributed by atoms with Crippen LogP contribution in [-0.4, -0.2) is 5.16 Å². The van der Waals surface area contributed by atoms with Crippen LogP contribution in [0.2, 0.25) is 0 Å². The molecule has 0 aliphatic heterocycles. The van der Waals surface area contributed by atoms with Crippen molar-refractivity contribution < 1.29 is 4.52 Å². The van der Waals surface area contributed by atoms with E-state index in [1.807, 2.05) is 25.1 Å². The van der Waals surface area contributed by atoms with Crippen LogP contribution < -0.4 is 0 Å². The number of benzene rings is 1. The Morgan fingerprint density at radius 3 is 3.00 bits per heavy atom. The highest BCUT2D eigenvalue weighted by Crippen LogP contribution is 2.24. The molecule has 1 heterocycles. The van der Waals surface area contributed by atoms with Crippen molar-refractivity contribution >= 4 is 26.8 Å². The number of hydrogen-bond acceptors (Lipinski definition) is 2. The second-order valence-corrected chi connectivity index (χ2v) is 3.23. The molecule has 0 spiro atoms. The molecule has 2 rings (SSSR count). The van der Waals surface area contributed by atoms with Crippen molar-refractivity contribution in [1.29, 1.82) is 0 Å². The van der Waals surface area contributed by atoms with Crippen LogP contribution >= 0.6 is 15.9 Å². The van der Waals surface area contributed by atoms with Gasteiger partial charge in [-0.3, -0.25) is 0 Å². The molecule has 2 nitrogen and oxygen atoms in total. The lowest BCUT2D eigenvalue weighted by Crippen LogP contribution is -1.69. The number of aryl methyl sites for hydroxylation is 1. The minimum atomic E-state index is 0.862. The molecule has 1 aromatic heterocycles. The predicted octanol–water partition coefficient (Wildman–Crippen LogP) is 2.90. The Labute approximate surface area is 72.3 Å². The zero-order chi connectivity index (χ0) is 7.84. The molecule has 0 unspecified atom stereocenters. The van der Waals surface area contributed by atoms with E-state index >= 15 is 0 Å². The number of halogens is 1. The fraction of sp³-hybridized carbons (Fsp3) is 0.125. The summed E-state index contributed by atoms with van der Waals surface area (Å²) >= 11 is 3.39. The van der Waals surface area contributed by atoms with Crippen LogP contribution in [-0.2, 0) is 0 Å². The van der Waals surface area contributed by atoms with Crippen molar-refractivity contribution in [1.82, 2.24) is 5.16 Å². The molecule has 2 aromatic rings. The predicted molar refractivity (Wildman–Crippen MR) is 46.4 cm³/mol. The highest BCUT2D eigenvalue weighted by molar-refractivity contribution is 9.10. The summed E-state index contributed by atoms with van der Waals surface area (Å²) in [5.74, 6) is 0.862. The summed E-state index contributed by atoms with van der Waals surface area (Å²) in [6.45, 7) is 1.90. The van der Waals surface area contributed by atoms with Gasteiger partial charge >= 0.3 is 0 Å². The second kappa shape index (κ2) is 2.34. The lowest BCUT2D eigenvalue weighted by Gasteiger charge is -1.88. The van der Waals surface area contributed by atoms with Crippen molar-refractivity contribution in [2.45, 2.75) is 6.92 Å². The average molecular weight is 212 g/mol. The van der Waals surface area contributed by atoms with E-state index in [-0.39, 0.29) is 0 Å². The smallest absolute Gasteiger partial charge is 0.141 e. The van der Waals surface area contributed by atoms with E-state index in [4.69, 9.17) is 4.52 Å². The fourth-order valence-electron chi connectivity index (χ4n) is 1.06. The van der Waals surface area contributed by atoms with Crippen LogP contribution in [0.15, 0.2) is 27.2 Å². The Morgan fingerprint density at radius 2 is 2.27 bits per heavy atom. The monoisotopic (exact) mass is 211 g/mol. The van der Waals surface area contributed by atoms with Gasteiger partial charge in [-0.15, -0.1) is 0 Å². The van der Waals surface area contributed by atoms with E-state index in [1.165, 1.54) is 0 Å². The van der Waals surface area contributed by atoms with Gasteiger partial charge in [0.1, 0.15) is 11.3 Å². The Morgan fingerprint density at radius 1 is 1.45 bits per heavy atom. The largest absolute Gasteiger partial charge is 0.360 e. The molecule has 0 fully saturated rings. The Bertz CT molecular complexity index is 394. The van der Waals surface area contributed by atoms with Gasteiger partial charge in [0.25, 0.3) is 0 Å². The van der Waals surface area contributed by atoms with Crippen LogP contribution in [0.4, 0.5) is 0 Å². The van der Waals surface area contributed by atoms with Crippen molar-refractivity contribution in [3.8, 4) is 0 Å². The first-order valence-electron chi connectivity index (χ1n) is 3.29. The third-order valence-corrected chi connectivity index (χ3v) is 2.28. The lowest BCUT2D eigenvalue weighted by atomic mass is 10.2. The number of rotatable bonds is 0. The molecule has 0 amide bonds. The van der Waals surface area contributed by atoms with Gasteiger partial charge in [-0.25, -0.2) is 0 Å². The molecule has 0 saturated carbocycles. The van der Waals surface area contributed by atoms with Crippen molar-refractivity contribution in [2.75, 3.05) is 0 Å². The summed E-state index contributed by atoms with van der Waals surface area (Å²) in [6.07, 6.45) is 0. The highest BCUT2D eigenvalue weighted by atomic mass is 79.9. The van der Waals surface area contributed by atoms with Gasteiger partial charge in [-0.1, -0.05) is 11.2 Å². The number of fused-ring (bicyclic) bond motifs is 1. The van der Waals surface area contributed by atoms with Crippen molar-refractivity contribution in [3.63, 3.8) is 0 Å². The zero-order valence-corrected chi connectivity index (χ0v) is 7.55. The summed E-state index contributed by atoms with van der Waals surface area (Å²) in [6, 6.07) is 5.91. The minimum Gasteiger partial charge on any atom is -0.360 e. The van der Waals surface area contributed by atoms with Crippen LogP contribution in [0.5, 0.6) is 0 Å². The first-order chi connectivity index (χ1) is 5.29. The van der Waals surface area contributed by atoms with Crippen LogP contribution in [0.3, 0.4) is 0 Å². The van der Waals surface area contributed by atoms with E-state index in [2.05, 4.69) is 21.1 Å². The Balaban J connectivity index is 2.94. The normalized spacial score (nSPS) is 10.7. The first kappa shape index (κ1) is 6.85. The topological polar surface area (TPSA) is 26.0 Å². The van der Waals surface area contributed by atoms with Gasteiger partial charge in [0.2, 0.25) is 0 Å². The maximum absolute atomic E-state index is 5.02. The molecule has 0 saturated heterocycles. The quantitative estimate of drug-likeness (QED) is 0.670. The van der Waals surface area contributed by atoms with Crippen molar-refractivity contribution in [2.24, 2.45) is 0 Å². The molecule has 1 aromatic carbocycles. The van der Waals surface area contributed by atoms with Gasteiger partial charge in [0, 0.05) is 9.86 Å². The third kappa shape index (κ3) is 0.959. The maximum Gasteiger partial charge on any atom is 0.141 e. The molecule has 0 atom stereocenters. The van der Waals surface area contributed by atoms with E-state index < -0.39 is 0 Å². The molecular formula is C8H6BrNO. The van der Waals surface area contributed by atoms with E-state index in [0.717, 1.165) is 21.1 Å². The van der Waals surface area contributed by atoms with Gasteiger partial charge < -0.3 is 4.52 Å². The molecule has 0 bridgehead atoms. The number of hydrogen-bond donors (Lipinski definition) is 0. The van der Waals surface area contributed by atoms with E-state index in [1.54, 1.807) is 0 Å². The molecular weight excluding hydrogens is 206 g/mol. The van der Waals surface area contributed by atoms with Crippen LogP contribution in [0, 0.1) is 6.92 Å². The van der Waals surface area contributed by atoms with Gasteiger partial charge in [-0.2, -0.15) is 0 Å². The molecule has 11 heavy (non-hydrogen) atoms. The van der Waals surface area contributed by atoms with Gasteiger partial charge in [0.15, 0.2) is 0 Å². The summed E-state index contributed by atoms with van der Waals surface area (Å²) in [7, 11) is 0. The third-order valence-electron chi connectivity index (χ3n) is 1.64. The summed E-state index contributed by atoms with van der Waals surface area (Å²) in [5, 5.41) is 4.96. The summed E-state index contributed by atoms with van der Waals surface area (Å²) < 4.78 is 5.99. The molecule has 3 heteroatoms. The van der Waals surface area contributed by atoms with Gasteiger partial charge in [-0.05, 0) is 35.0 Å². The van der Waals surface area contributed by atoms with Gasteiger partial charge in [0.05, 0.1) is 0 Å². The Kier molecular flexibility index (Phi) is 1.46. The second-order valence-electron chi connectivity index (χ2n) is 2.37. The summed E-state index contributed by atoms with van der Waals surface area (Å²) in [5.41, 5.74) is 0.894. The van der Waals surface area contributed by atoms with E-state index in [9.17, 15) is 0 Å². The maximum atomic E-state index is 5.02. The molecule has 56 valence electrons. The van der Waals surface area contributed by atoms with Crippen LogP contribution in [0.1, 0.15) is 5.76 Å². The minimum absolute atomic E-state index is 0.862. The standard InChI is InChI=1S/C8H6BrNO/c1-5-6-3-2-4-7(9)8(6)10-11-5/h2-4H,1H3. The summed E-state index contributed by atoms with van der Waals surface area (Å²) in [4.78, 5) is 0. The average Bonchev–Trinajstić information content (AvgIpc) is 2.35. The molecule has 0 radical (unpaired) electrons. The van der Waals surface area contributed by atoms with Crippen molar-refractivity contribution in [3.05, 3.63) is 28.4 Å². The SMILES string of the molecule is Cc1onc2c(Br)cccc12. The lowest BCUT2D eigenvalue weighted by molar-refractivity contribution is 0.405. The fourth-order valence-corrected chi connectivity index (χ4v) is 1.49.